The molecule has 1 nitrogen and oxygen atoms in total. The molecule has 0 N–H and O–H groups in total. The second-order valence-corrected chi connectivity index (χ2v) is 5.42. The molecule has 1 heterocycles. The second-order valence-electron chi connectivity index (χ2n) is 5.42. The summed E-state index contributed by atoms with van der Waals surface area (Å²) in [5.41, 5.74) is 2.19. The largest absolute Gasteiger partial charge is 0.298 e. The third-order valence-electron chi connectivity index (χ3n) is 4.26. The van der Waals surface area contributed by atoms with Crippen LogP contribution in [0, 0.1) is 11.3 Å². The van der Waals surface area contributed by atoms with Crippen molar-refractivity contribution in [1.29, 1.82) is 0 Å². The fourth-order valence-corrected chi connectivity index (χ4v) is 3.02. The summed E-state index contributed by atoms with van der Waals surface area (Å²) in [4.78, 5) is 2.63. The molecule has 2 aliphatic rings. The van der Waals surface area contributed by atoms with E-state index in [4.69, 9.17) is 0 Å². The fourth-order valence-electron chi connectivity index (χ4n) is 3.02. The molecule has 0 aromatic heterocycles. The predicted octanol–water partition coefficient (Wildman–Crippen LogP) is 2.92. The van der Waals surface area contributed by atoms with E-state index in [1.807, 2.05) is 0 Å². The summed E-state index contributed by atoms with van der Waals surface area (Å²) in [6.45, 7) is 6.21. The molecule has 1 aliphatic carbocycles. The van der Waals surface area contributed by atoms with Gasteiger partial charge in [0.15, 0.2) is 0 Å². The zero-order valence-corrected chi connectivity index (χ0v) is 9.45. The molecule has 1 aromatic carbocycles. The molecule has 1 saturated heterocycles. The Bertz CT molecular complexity index is 340. The molecule has 1 aromatic rings. The van der Waals surface area contributed by atoms with Crippen molar-refractivity contribution in [2.45, 2.75) is 26.3 Å². The number of hydrogen-bond acceptors (Lipinski definition) is 1. The van der Waals surface area contributed by atoms with Crippen LogP contribution in [0.25, 0.3) is 0 Å². The Labute approximate surface area is 92.1 Å². The van der Waals surface area contributed by atoms with Gasteiger partial charge in [0.05, 0.1) is 0 Å². The lowest BCUT2D eigenvalue weighted by Gasteiger charge is -2.15. The van der Waals surface area contributed by atoms with Gasteiger partial charge in [-0.25, -0.2) is 0 Å². The lowest BCUT2D eigenvalue weighted by atomic mass is 9.95. The van der Waals surface area contributed by atoms with Crippen molar-refractivity contribution in [3.8, 4) is 0 Å². The van der Waals surface area contributed by atoms with E-state index in [2.05, 4.69) is 42.2 Å². The summed E-state index contributed by atoms with van der Waals surface area (Å²) in [5.74, 6) is 0.918. The molecule has 80 valence electrons. The van der Waals surface area contributed by atoms with E-state index >= 15 is 0 Å². The number of likely N-dealkylation sites (tertiary alicyclic amines) is 1. The maximum Gasteiger partial charge on any atom is 0.0234 e. The van der Waals surface area contributed by atoms with Crippen LogP contribution in [-0.4, -0.2) is 18.0 Å². The normalized spacial score (nSPS) is 28.5. The van der Waals surface area contributed by atoms with E-state index in [1.54, 1.807) is 0 Å². The monoisotopic (exact) mass is 201 g/mol. The van der Waals surface area contributed by atoms with E-state index in [1.165, 1.54) is 31.5 Å². The summed E-state index contributed by atoms with van der Waals surface area (Å²) in [5, 5.41) is 0. The van der Waals surface area contributed by atoms with E-state index in [0.717, 1.165) is 17.9 Å². The zero-order chi connectivity index (χ0) is 10.3. The van der Waals surface area contributed by atoms with Crippen LogP contribution in [0.15, 0.2) is 30.3 Å². The first-order chi connectivity index (χ1) is 7.28. The van der Waals surface area contributed by atoms with Gasteiger partial charge in [-0.3, -0.25) is 4.90 Å². The molecule has 1 aliphatic heterocycles. The first kappa shape index (κ1) is 9.41. The van der Waals surface area contributed by atoms with Crippen molar-refractivity contribution in [3.63, 3.8) is 0 Å². The summed E-state index contributed by atoms with van der Waals surface area (Å²) >= 11 is 0. The Morgan fingerprint density at radius 1 is 1.27 bits per heavy atom. The molecule has 1 spiro atoms. The maximum absolute atomic E-state index is 2.63. The highest BCUT2D eigenvalue weighted by atomic mass is 15.2. The van der Waals surface area contributed by atoms with E-state index < -0.39 is 0 Å². The smallest absolute Gasteiger partial charge is 0.0234 e. The molecule has 2 fully saturated rings. The zero-order valence-electron chi connectivity index (χ0n) is 9.45. The van der Waals surface area contributed by atoms with Crippen LogP contribution in [-0.2, 0) is 6.54 Å². The standard InChI is InChI=1S/C14H19N/c1-12-9-15(11-14(12)7-8-14)10-13-5-3-2-4-6-13/h2-6,12H,7-11H2,1H3/t12-/m0/s1. The van der Waals surface area contributed by atoms with Crippen molar-refractivity contribution < 1.29 is 0 Å². The molecule has 1 saturated carbocycles. The van der Waals surface area contributed by atoms with Gasteiger partial charge in [0.1, 0.15) is 0 Å². The van der Waals surface area contributed by atoms with Crippen molar-refractivity contribution in [1.82, 2.24) is 4.90 Å². The van der Waals surface area contributed by atoms with Gasteiger partial charge in [-0.1, -0.05) is 37.3 Å². The highest BCUT2D eigenvalue weighted by Crippen LogP contribution is 2.56. The van der Waals surface area contributed by atoms with Gasteiger partial charge in [0, 0.05) is 19.6 Å². The van der Waals surface area contributed by atoms with E-state index in [9.17, 15) is 0 Å². The Balaban J connectivity index is 1.66. The molecule has 15 heavy (non-hydrogen) atoms. The fraction of sp³-hybridized carbons (Fsp3) is 0.571. The summed E-state index contributed by atoms with van der Waals surface area (Å²) in [6.07, 6.45) is 2.94. The van der Waals surface area contributed by atoms with Crippen molar-refractivity contribution in [2.24, 2.45) is 11.3 Å². The Morgan fingerprint density at radius 3 is 2.60 bits per heavy atom. The van der Waals surface area contributed by atoms with Crippen molar-refractivity contribution in [3.05, 3.63) is 35.9 Å². The molecule has 1 heteroatoms. The first-order valence-corrected chi connectivity index (χ1v) is 6.05. The third-order valence-corrected chi connectivity index (χ3v) is 4.26. The predicted molar refractivity (Wildman–Crippen MR) is 62.6 cm³/mol. The van der Waals surface area contributed by atoms with Crippen molar-refractivity contribution >= 4 is 0 Å². The van der Waals surface area contributed by atoms with Crippen LogP contribution < -0.4 is 0 Å². The minimum Gasteiger partial charge on any atom is -0.298 e. The van der Waals surface area contributed by atoms with Crippen molar-refractivity contribution in [2.75, 3.05) is 13.1 Å². The molecular weight excluding hydrogens is 182 g/mol. The minimum atomic E-state index is 0.731. The van der Waals surface area contributed by atoms with Crippen LogP contribution in [0.5, 0.6) is 0 Å². The number of rotatable bonds is 2. The topological polar surface area (TPSA) is 3.24 Å². The average molecular weight is 201 g/mol. The maximum atomic E-state index is 2.63. The molecule has 0 bridgehead atoms. The van der Waals surface area contributed by atoms with E-state index in [-0.39, 0.29) is 0 Å². The lowest BCUT2D eigenvalue weighted by molar-refractivity contribution is 0.311. The quantitative estimate of drug-likeness (QED) is 0.711. The second kappa shape index (κ2) is 3.34. The molecule has 0 radical (unpaired) electrons. The molecular formula is C14H19N. The van der Waals surface area contributed by atoms with E-state index in [0.29, 0.717) is 0 Å². The molecule has 0 unspecified atom stereocenters. The van der Waals surface area contributed by atoms with Crippen LogP contribution >= 0.6 is 0 Å². The van der Waals surface area contributed by atoms with Crippen LogP contribution in [0.4, 0.5) is 0 Å². The summed E-state index contributed by atoms with van der Waals surface area (Å²) in [6, 6.07) is 10.9. The van der Waals surface area contributed by atoms with Gasteiger partial charge >= 0.3 is 0 Å². The number of benzene rings is 1. The molecule has 0 amide bonds. The van der Waals surface area contributed by atoms with Gasteiger partial charge < -0.3 is 0 Å². The summed E-state index contributed by atoms with van der Waals surface area (Å²) < 4.78 is 0. The Kier molecular flexibility index (Phi) is 2.10. The van der Waals surface area contributed by atoms with Gasteiger partial charge in [0.2, 0.25) is 0 Å². The number of hydrogen-bond donors (Lipinski definition) is 0. The lowest BCUT2D eigenvalue weighted by Crippen LogP contribution is -2.20. The van der Waals surface area contributed by atoms with Crippen LogP contribution in [0.3, 0.4) is 0 Å². The third kappa shape index (κ3) is 1.69. The van der Waals surface area contributed by atoms with Gasteiger partial charge in [-0.2, -0.15) is 0 Å². The Morgan fingerprint density at radius 2 is 2.00 bits per heavy atom. The van der Waals surface area contributed by atoms with Gasteiger partial charge in [-0.15, -0.1) is 0 Å². The molecule has 3 rings (SSSR count). The SMILES string of the molecule is C[C@H]1CN(Cc2ccccc2)CC12CC2. The minimum absolute atomic E-state index is 0.731. The van der Waals surface area contributed by atoms with Crippen LogP contribution in [0.1, 0.15) is 25.3 Å². The van der Waals surface area contributed by atoms with Gasteiger partial charge in [0.25, 0.3) is 0 Å². The Hall–Kier alpha value is -0.820. The summed E-state index contributed by atoms with van der Waals surface area (Å²) in [7, 11) is 0. The van der Waals surface area contributed by atoms with Crippen LogP contribution in [0.2, 0.25) is 0 Å². The highest BCUT2D eigenvalue weighted by Gasteiger charge is 2.52. The number of nitrogens with zero attached hydrogens (tertiary/aromatic N) is 1. The molecule has 1 atom stereocenters. The van der Waals surface area contributed by atoms with Gasteiger partial charge in [-0.05, 0) is 29.7 Å². The highest BCUT2D eigenvalue weighted by molar-refractivity contribution is 5.15. The average Bonchev–Trinajstić information content (AvgIpc) is 2.93. The first-order valence-electron chi connectivity index (χ1n) is 6.05.